The van der Waals surface area contributed by atoms with E-state index in [9.17, 15) is 0 Å². The second-order valence-corrected chi connectivity index (χ2v) is 3.68. The standard InChI is InChI=1S/C12H13N2/c13-9-10-1-3-11(4-2-10)12-5-7-14-8-6-12/h1-4,12H,5-8H2. The molecule has 1 fully saturated rings. The van der Waals surface area contributed by atoms with Gasteiger partial charge < -0.3 is 0 Å². The zero-order valence-electron chi connectivity index (χ0n) is 8.11. The van der Waals surface area contributed by atoms with Crippen molar-refractivity contribution in [1.82, 2.24) is 5.32 Å². The van der Waals surface area contributed by atoms with Crippen molar-refractivity contribution in [1.29, 1.82) is 5.26 Å². The Labute approximate surface area is 84.6 Å². The molecule has 1 aliphatic rings. The molecular weight excluding hydrogens is 172 g/mol. The van der Waals surface area contributed by atoms with Gasteiger partial charge in [0.1, 0.15) is 0 Å². The van der Waals surface area contributed by atoms with Crippen LogP contribution < -0.4 is 5.32 Å². The molecule has 0 aliphatic carbocycles. The number of hydrogen-bond acceptors (Lipinski definition) is 1. The molecule has 0 amide bonds. The van der Waals surface area contributed by atoms with Gasteiger partial charge in [0, 0.05) is 13.1 Å². The van der Waals surface area contributed by atoms with Crippen molar-refractivity contribution in [2.75, 3.05) is 13.1 Å². The molecular formula is C12H13N2. The molecule has 0 N–H and O–H groups in total. The number of nitriles is 1. The van der Waals surface area contributed by atoms with E-state index in [0.29, 0.717) is 5.92 Å². The normalized spacial score (nSPS) is 17.6. The minimum Gasteiger partial charge on any atom is -0.242 e. The third-order valence-electron chi connectivity index (χ3n) is 2.78. The number of rotatable bonds is 1. The van der Waals surface area contributed by atoms with E-state index >= 15 is 0 Å². The lowest BCUT2D eigenvalue weighted by atomic mass is 9.90. The lowest BCUT2D eigenvalue weighted by Crippen LogP contribution is -2.20. The Hall–Kier alpha value is -1.33. The molecule has 1 aliphatic heterocycles. The summed E-state index contributed by atoms with van der Waals surface area (Å²) in [5, 5.41) is 13.0. The summed E-state index contributed by atoms with van der Waals surface area (Å²) in [6.45, 7) is 1.98. The van der Waals surface area contributed by atoms with E-state index < -0.39 is 0 Å². The van der Waals surface area contributed by atoms with Crippen LogP contribution in [0.2, 0.25) is 0 Å². The number of hydrogen-bond donors (Lipinski definition) is 0. The van der Waals surface area contributed by atoms with E-state index in [1.807, 2.05) is 12.1 Å². The van der Waals surface area contributed by atoms with Crippen LogP contribution in [0, 0.1) is 11.3 Å². The molecule has 1 aromatic carbocycles. The van der Waals surface area contributed by atoms with Crippen molar-refractivity contribution in [3.63, 3.8) is 0 Å². The zero-order chi connectivity index (χ0) is 9.80. The van der Waals surface area contributed by atoms with Gasteiger partial charge in [-0.2, -0.15) is 5.26 Å². The first-order chi connectivity index (χ1) is 6.90. The minimum absolute atomic E-state index is 0.653. The Morgan fingerprint density at radius 2 is 1.79 bits per heavy atom. The van der Waals surface area contributed by atoms with Crippen molar-refractivity contribution in [2.45, 2.75) is 18.8 Å². The van der Waals surface area contributed by atoms with Crippen LogP contribution in [0.4, 0.5) is 0 Å². The SMILES string of the molecule is N#Cc1ccc(C2CC[N]CC2)cc1. The smallest absolute Gasteiger partial charge is 0.0991 e. The molecule has 0 atom stereocenters. The Morgan fingerprint density at radius 1 is 1.14 bits per heavy atom. The first-order valence-electron chi connectivity index (χ1n) is 5.03. The first-order valence-corrected chi connectivity index (χ1v) is 5.03. The summed E-state index contributed by atoms with van der Waals surface area (Å²) in [5.41, 5.74) is 2.10. The topological polar surface area (TPSA) is 37.9 Å². The molecule has 0 bridgehead atoms. The van der Waals surface area contributed by atoms with Crippen molar-refractivity contribution >= 4 is 0 Å². The fourth-order valence-electron chi connectivity index (χ4n) is 1.91. The summed E-state index contributed by atoms with van der Waals surface area (Å²) < 4.78 is 0. The highest BCUT2D eigenvalue weighted by molar-refractivity contribution is 5.33. The van der Waals surface area contributed by atoms with Crippen LogP contribution in [-0.2, 0) is 0 Å². The molecule has 14 heavy (non-hydrogen) atoms. The average molecular weight is 185 g/mol. The molecule has 0 aromatic heterocycles. The summed E-state index contributed by atoms with van der Waals surface area (Å²) in [6.07, 6.45) is 2.32. The maximum Gasteiger partial charge on any atom is 0.0991 e. The van der Waals surface area contributed by atoms with Crippen LogP contribution in [0.5, 0.6) is 0 Å². The Bertz CT molecular complexity index is 328. The van der Waals surface area contributed by atoms with Crippen LogP contribution in [0.15, 0.2) is 24.3 Å². The lowest BCUT2D eigenvalue weighted by molar-refractivity contribution is 0.453. The highest BCUT2D eigenvalue weighted by Gasteiger charge is 2.15. The average Bonchev–Trinajstić information content (AvgIpc) is 2.30. The van der Waals surface area contributed by atoms with Gasteiger partial charge in [-0.15, -0.1) is 0 Å². The molecule has 71 valence electrons. The molecule has 1 aromatic rings. The second-order valence-electron chi connectivity index (χ2n) is 3.68. The molecule has 0 unspecified atom stereocenters. The quantitative estimate of drug-likeness (QED) is 0.659. The van der Waals surface area contributed by atoms with Gasteiger partial charge in [-0.1, -0.05) is 12.1 Å². The Kier molecular flexibility index (Phi) is 2.81. The summed E-state index contributed by atoms with van der Waals surface area (Å²) in [7, 11) is 0. The fraction of sp³-hybridized carbons (Fsp3) is 0.417. The maximum atomic E-state index is 8.67. The summed E-state index contributed by atoms with van der Waals surface area (Å²) in [5.74, 6) is 0.653. The molecule has 2 rings (SSSR count). The van der Waals surface area contributed by atoms with Crippen molar-refractivity contribution < 1.29 is 0 Å². The van der Waals surface area contributed by atoms with E-state index in [2.05, 4.69) is 23.5 Å². The zero-order valence-corrected chi connectivity index (χ0v) is 8.11. The number of benzene rings is 1. The number of piperidine rings is 1. The van der Waals surface area contributed by atoms with Crippen molar-refractivity contribution in [3.05, 3.63) is 35.4 Å². The first kappa shape index (κ1) is 9.23. The predicted octanol–water partition coefficient (Wildman–Crippen LogP) is 2.04. The van der Waals surface area contributed by atoms with Gasteiger partial charge in [-0.05, 0) is 36.5 Å². The Balaban J connectivity index is 2.12. The molecule has 1 radical (unpaired) electrons. The van der Waals surface area contributed by atoms with Gasteiger partial charge in [0.25, 0.3) is 0 Å². The van der Waals surface area contributed by atoms with Crippen molar-refractivity contribution in [2.24, 2.45) is 0 Å². The van der Waals surface area contributed by atoms with E-state index in [0.717, 1.165) is 31.5 Å². The Morgan fingerprint density at radius 3 is 2.36 bits per heavy atom. The molecule has 1 heterocycles. The molecule has 2 nitrogen and oxygen atoms in total. The molecule has 0 saturated carbocycles. The second kappa shape index (κ2) is 4.26. The summed E-state index contributed by atoms with van der Waals surface area (Å²) in [6, 6.07) is 10.1. The van der Waals surface area contributed by atoms with Crippen LogP contribution in [0.1, 0.15) is 29.9 Å². The largest absolute Gasteiger partial charge is 0.242 e. The molecule has 0 spiro atoms. The number of nitrogens with zero attached hydrogens (tertiary/aromatic N) is 2. The van der Waals surface area contributed by atoms with Crippen molar-refractivity contribution in [3.8, 4) is 6.07 Å². The van der Waals surface area contributed by atoms with E-state index in [1.54, 1.807) is 0 Å². The van der Waals surface area contributed by atoms with Gasteiger partial charge in [-0.3, -0.25) is 0 Å². The van der Waals surface area contributed by atoms with E-state index in [1.165, 1.54) is 5.56 Å². The van der Waals surface area contributed by atoms with Crippen LogP contribution in [-0.4, -0.2) is 13.1 Å². The molecule has 2 heteroatoms. The summed E-state index contributed by atoms with van der Waals surface area (Å²) in [4.78, 5) is 0. The van der Waals surface area contributed by atoms with Gasteiger partial charge in [0.15, 0.2) is 0 Å². The maximum absolute atomic E-state index is 8.67. The van der Waals surface area contributed by atoms with Crippen LogP contribution in [0.3, 0.4) is 0 Å². The third-order valence-corrected chi connectivity index (χ3v) is 2.78. The third kappa shape index (κ3) is 1.94. The van der Waals surface area contributed by atoms with Gasteiger partial charge in [0.2, 0.25) is 0 Å². The highest BCUT2D eigenvalue weighted by atomic mass is 14.9. The van der Waals surface area contributed by atoms with Crippen LogP contribution in [0.25, 0.3) is 0 Å². The van der Waals surface area contributed by atoms with E-state index in [-0.39, 0.29) is 0 Å². The van der Waals surface area contributed by atoms with E-state index in [4.69, 9.17) is 5.26 Å². The predicted molar refractivity (Wildman–Crippen MR) is 55.0 cm³/mol. The van der Waals surface area contributed by atoms with Gasteiger partial charge in [0.05, 0.1) is 11.6 Å². The fourth-order valence-corrected chi connectivity index (χ4v) is 1.91. The van der Waals surface area contributed by atoms with Gasteiger partial charge in [-0.25, -0.2) is 5.32 Å². The highest BCUT2D eigenvalue weighted by Crippen LogP contribution is 2.25. The van der Waals surface area contributed by atoms with Gasteiger partial charge >= 0.3 is 0 Å². The lowest BCUT2D eigenvalue weighted by Gasteiger charge is -2.21. The van der Waals surface area contributed by atoms with Crippen LogP contribution >= 0.6 is 0 Å². The summed E-state index contributed by atoms with van der Waals surface area (Å²) >= 11 is 0. The minimum atomic E-state index is 0.653. The monoisotopic (exact) mass is 185 g/mol. The molecule has 1 saturated heterocycles.